The fraction of sp³-hybridized carbons (Fsp3) is 1.00. The Labute approximate surface area is 116 Å². The van der Waals surface area contributed by atoms with Gasteiger partial charge in [0, 0.05) is 44.8 Å². The van der Waals surface area contributed by atoms with Crippen LogP contribution in [0.2, 0.25) is 0 Å². The van der Waals surface area contributed by atoms with E-state index in [0.717, 1.165) is 5.92 Å². The van der Waals surface area contributed by atoms with E-state index in [1.54, 1.807) is 0 Å². The molecule has 3 saturated heterocycles. The molecular formula is C15H28N4. The summed E-state index contributed by atoms with van der Waals surface area (Å²) in [6.07, 6.45) is 4.23. The Morgan fingerprint density at radius 1 is 1.16 bits per heavy atom. The molecule has 0 aromatic heterocycles. The molecular weight excluding hydrogens is 236 g/mol. The number of likely N-dealkylation sites (N-methyl/N-ethyl adjacent to an activating group) is 1. The highest BCUT2D eigenvalue weighted by Crippen LogP contribution is 2.47. The van der Waals surface area contributed by atoms with Gasteiger partial charge in [0.15, 0.2) is 0 Å². The fourth-order valence-corrected chi connectivity index (χ4v) is 4.78. The van der Waals surface area contributed by atoms with E-state index in [4.69, 9.17) is 0 Å². The van der Waals surface area contributed by atoms with Crippen LogP contribution >= 0.6 is 0 Å². The predicted octanol–water partition coefficient (Wildman–Crippen LogP) is -0.0345. The number of nitrogens with one attached hydrogen (secondary N) is 2. The van der Waals surface area contributed by atoms with Gasteiger partial charge in [0.1, 0.15) is 0 Å². The monoisotopic (exact) mass is 264 g/mol. The number of likely N-dealkylation sites (tertiary alicyclic amines) is 1. The second-order valence-corrected chi connectivity index (χ2v) is 7.63. The molecule has 1 aliphatic carbocycles. The van der Waals surface area contributed by atoms with E-state index in [2.05, 4.69) is 27.5 Å². The summed E-state index contributed by atoms with van der Waals surface area (Å²) in [4.78, 5) is 5.26. The topological polar surface area (TPSA) is 30.5 Å². The summed E-state index contributed by atoms with van der Waals surface area (Å²) >= 11 is 0. The van der Waals surface area contributed by atoms with Gasteiger partial charge in [0.25, 0.3) is 0 Å². The minimum Gasteiger partial charge on any atom is -0.316 e. The molecule has 1 saturated carbocycles. The molecule has 2 spiro atoms. The van der Waals surface area contributed by atoms with Gasteiger partial charge in [-0.1, -0.05) is 0 Å². The van der Waals surface area contributed by atoms with Crippen LogP contribution in [0.25, 0.3) is 0 Å². The van der Waals surface area contributed by atoms with Crippen LogP contribution in [0.15, 0.2) is 0 Å². The zero-order chi connectivity index (χ0) is 12.9. The normalized spacial score (nSPS) is 47.5. The third kappa shape index (κ3) is 2.23. The molecule has 19 heavy (non-hydrogen) atoms. The van der Waals surface area contributed by atoms with Gasteiger partial charge >= 0.3 is 0 Å². The molecule has 2 unspecified atom stereocenters. The molecule has 0 aromatic carbocycles. The maximum absolute atomic E-state index is 3.80. The molecule has 3 aliphatic heterocycles. The standard InChI is InChI=1S/C15H28N4/c1-18-7-5-17-15(12-18)8-13(15)9-19-6-3-14(11-19)2-4-16-10-14/h13,16-17H,2-12H2,1H3/t13?,14-,15?/m0/s1. The Morgan fingerprint density at radius 3 is 2.89 bits per heavy atom. The molecule has 0 radical (unpaired) electrons. The van der Waals surface area contributed by atoms with Crippen molar-refractivity contribution in [3.05, 3.63) is 0 Å². The average molecular weight is 264 g/mol. The molecule has 4 heteroatoms. The third-order valence-electron chi connectivity index (χ3n) is 6.08. The van der Waals surface area contributed by atoms with Crippen molar-refractivity contribution in [1.29, 1.82) is 0 Å². The molecule has 0 bridgehead atoms. The zero-order valence-electron chi connectivity index (χ0n) is 12.2. The molecule has 3 atom stereocenters. The number of rotatable bonds is 2. The van der Waals surface area contributed by atoms with Crippen molar-refractivity contribution in [1.82, 2.24) is 20.4 Å². The summed E-state index contributed by atoms with van der Waals surface area (Å²) in [5.41, 5.74) is 1.12. The van der Waals surface area contributed by atoms with E-state index in [0.29, 0.717) is 11.0 Å². The molecule has 0 aromatic rings. The van der Waals surface area contributed by atoms with E-state index in [-0.39, 0.29) is 0 Å². The van der Waals surface area contributed by atoms with Crippen LogP contribution in [0.1, 0.15) is 19.3 Å². The van der Waals surface area contributed by atoms with E-state index >= 15 is 0 Å². The van der Waals surface area contributed by atoms with Gasteiger partial charge in [-0.3, -0.25) is 0 Å². The molecule has 108 valence electrons. The Morgan fingerprint density at radius 2 is 2.11 bits per heavy atom. The summed E-state index contributed by atoms with van der Waals surface area (Å²) in [6, 6.07) is 0. The predicted molar refractivity (Wildman–Crippen MR) is 77.3 cm³/mol. The molecule has 4 rings (SSSR count). The van der Waals surface area contributed by atoms with Gasteiger partial charge in [-0.2, -0.15) is 0 Å². The van der Waals surface area contributed by atoms with Gasteiger partial charge in [-0.25, -0.2) is 0 Å². The summed E-state index contributed by atoms with van der Waals surface area (Å²) in [5.74, 6) is 0.903. The first kappa shape index (κ1) is 12.6. The highest BCUT2D eigenvalue weighted by Gasteiger charge is 2.56. The minimum absolute atomic E-state index is 0.483. The van der Waals surface area contributed by atoms with E-state index in [1.807, 2.05) is 0 Å². The highest BCUT2D eigenvalue weighted by atomic mass is 15.3. The van der Waals surface area contributed by atoms with Crippen LogP contribution in [0.5, 0.6) is 0 Å². The maximum atomic E-state index is 3.80. The molecule has 2 N–H and O–H groups in total. The molecule has 4 nitrogen and oxygen atoms in total. The second kappa shape index (κ2) is 4.42. The lowest BCUT2D eigenvalue weighted by Crippen LogP contribution is -2.52. The Bertz CT molecular complexity index is 350. The zero-order valence-corrected chi connectivity index (χ0v) is 12.2. The van der Waals surface area contributed by atoms with E-state index in [1.165, 1.54) is 71.6 Å². The summed E-state index contributed by atoms with van der Waals surface area (Å²) in [5, 5.41) is 7.37. The van der Waals surface area contributed by atoms with E-state index in [9.17, 15) is 0 Å². The third-order valence-corrected chi connectivity index (χ3v) is 6.08. The summed E-state index contributed by atoms with van der Waals surface area (Å²) in [6.45, 7) is 10.2. The molecule has 3 heterocycles. The lowest BCUT2D eigenvalue weighted by molar-refractivity contribution is 0.198. The van der Waals surface area contributed by atoms with Gasteiger partial charge in [0.05, 0.1) is 0 Å². The van der Waals surface area contributed by atoms with Crippen LogP contribution in [-0.2, 0) is 0 Å². The van der Waals surface area contributed by atoms with Crippen molar-refractivity contribution >= 4 is 0 Å². The second-order valence-electron chi connectivity index (χ2n) is 7.63. The number of hydrogen-bond acceptors (Lipinski definition) is 4. The molecule has 4 aliphatic rings. The molecule has 0 amide bonds. The van der Waals surface area contributed by atoms with Crippen molar-refractivity contribution in [2.75, 3.05) is 59.4 Å². The average Bonchev–Trinajstić information content (AvgIpc) is 2.81. The lowest BCUT2D eigenvalue weighted by Gasteiger charge is -2.33. The SMILES string of the molecule is CN1CCNC2(CC2CN2CC[C@]3(CCNC3)C2)C1. The van der Waals surface area contributed by atoms with Crippen molar-refractivity contribution in [3.63, 3.8) is 0 Å². The van der Waals surface area contributed by atoms with Crippen LogP contribution < -0.4 is 10.6 Å². The Hall–Kier alpha value is -0.160. The first-order valence-electron chi connectivity index (χ1n) is 8.07. The maximum Gasteiger partial charge on any atom is 0.0354 e. The van der Waals surface area contributed by atoms with Crippen molar-refractivity contribution in [2.45, 2.75) is 24.8 Å². The van der Waals surface area contributed by atoms with E-state index < -0.39 is 0 Å². The number of piperazine rings is 1. The van der Waals surface area contributed by atoms with Crippen LogP contribution in [-0.4, -0.2) is 74.7 Å². The van der Waals surface area contributed by atoms with Crippen LogP contribution in [0.3, 0.4) is 0 Å². The van der Waals surface area contributed by atoms with Gasteiger partial charge in [-0.15, -0.1) is 0 Å². The lowest BCUT2D eigenvalue weighted by atomic mass is 9.86. The summed E-state index contributed by atoms with van der Waals surface area (Å²) in [7, 11) is 2.27. The first-order chi connectivity index (χ1) is 9.20. The van der Waals surface area contributed by atoms with Crippen LogP contribution in [0.4, 0.5) is 0 Å². The Balaban J connectivity index is 1.32. The quantitative estimate of drug-likeness (QED) is 0.733. The summed E-state index contributed by atoms with van der Waals surface area (Å²) < 4.78 is 0. The van der Waals surface area contributed by atoms with Gasteiger partial charge < -0.3 is 20.4 Å². The largest absolute Gasteiger partial charge is 0.316 e. The number of hydrogen-bond donors (Lipinski definition) is 2. The van der Waals surface area contributed by atoms with Crippen molar-refractivity contribution < 1.29 is 0 Å². The smallest absolute Gasteiger partial charge is 0.0354 e. The van der Waals surface area contributed by atoms with Crippen molar-refractivity contribution in [3.8, 4) is 0 Å². The van der Waals surface area contributed by atoms with Crippen molar-refractivity contribution in [2.24, 2.45) is 11.3 Å². The molecule has 4 fully saturated rings. The highest BCUT2D eigenvalue weighted by molar-refractivity contribution is 5.14. The number of nitrogens with zero attached hydrogens (tertiary/aromatic N) is 2. The minimum atomic E-state index is 0.483. The van der Waals surface area contributed by atoms with Gasteiger partial charge in [0.2, 0.25) is 0 Å². The van der Waals surface area contributed by atoms with Gasteiger partial charge in [-0.05, 0) is 50.7 Å². The van der Waals surface area contributed by atoms with Crippen LogP contribution in [0, 0.1) is 11.3 Å². The fourth-order valence-electron chi connectivity index (χ4n) is 4.78. The first-order valence-corrected chi connectivity index (χ1v) is 8.07. The Kier molecular flexibility index (Phi) is 2.92.